The summed E-state index contributed by atoms with van der Waals surface area (Å²) in [6.45, 7) is 0.615. The molecule has 1 saturated heterocycles. The van der Waals surface area contributed by atoms with Crippen molar-refractivity contribution in [3.8, 4) is 5.75 Å². The molecule has 6 nitrogen and oxygen atoms in total. The van der Waals surface area contributed by atoms with Crippen molar-refractivity contribution >= 4 is 11.9 Å². The van der Waals surface area contributed by atoms with E-state index in [-0.39, 0.29) is 18.6 Å². The van der Waals surface area contributed by atoms with E-state index in [1.54, 1.807) is 0 Å². The molecule has 1 amide bonds. The van der Waals surface area contributed by atoms with Gasteiger partial charge in [0.1, 0.15) is 11.3 Å². The number of nitrogens with one attached hydrogen (secondary N) is 1. The quantitative estimate of drug-likeness (QED) is 0.749. The number of carbonyl (C=O) groups excluding carboxylic acids is 1. The topological polar surface area (TPSA) is 95.9 Å². The summed E-state index contributed by atoms with van der Waals surface area (Å²) in [4.78, 5) is 23.4. The standard InChI is InChI=1S/C13H15NO5/c15-10-3-1-9(2-4-10)11(16)14-13(12(17)18)5-7-19-8-6-13/h1-4,15H,5-8H2,(H,14,16)(H,17,18). The van der Waals surface area contributed by atoms with Crippen molar-refractivity contribution in [3.63, 3.8) is 0 Å². The van der Waals surface area contributed by atoms with Crippen molar-refractivity contribution in [1.29, 1.82) is 0 Å². The number of ether oxygens (including phenoxy) is 1. The van der Waals surface area contributed by atoms with Gasteiger partial charge in [0, 0.05) is 31.6 Å². The van der Waals surface area contributed by atoms with Gasteiger partial charge >= 0.3 is 5.97 Å². The molecule has 0 unspecified atom stereocenters. The third-order valence-corrected chi connectivity index (χ3v) is 3.24. The van der Waals surface area contributed by atoms with E-state index in [0.29, 0.717) is 18.8 Å². The minimum absolute atomic E-state index is 0.0514. The molecule has 6 heteroatoms. The van der Waals surface area contributed by atoms with Crippen molar-refractivity contribution < 1.29 is 24.5 Å². The van der Waals surface area contributed by atoms with Crippen molar-refractivity contribution in [2.24, 2.45) is 0 Å². The van der Waals surface area contributed by atoms with Crippen LogP contribution in [0.5, 0.6) is 5.75 Å². The Kier molecular flexibility index (Phi) is 3.71. The van der Waals surface area contributed by atoms with E-state index in [4.69, 9.17) is 9.84 Å². The number of phenols is 1. The van der Waals surface area contributed by atoms with Gasteiger partial charge in [-0.1, -0.05) is 0 Å². The fourth-order valence-corrected chi connectivity index (χ4v) is 2.01. The van der Waals surface area contributed by atoms with Gasteiger partial charge in [-0.05, 0) is 24.3 Å². The first-order valence-corrected chi connectivity index (χ1v) is 5.96. The number of benzene rings is 1. The molecule has 19 heavy (non-hydrogen) atoms. The molecule has 1 aliphatic rings. The van der Waals surface area contributed by atoms with Crippen LogP contribution in [0.4, 0.5) is 0 Å². The number of hydrogen-bond donors (Lipinski definition) is 3. The van der Waals surface area contributed by atoms with E-state index in [1.807, 2.05) is 0 Å². The molecule has 0 bridgehead atoms. The monoisotopic (exact) mass is 265 g/mol. The van der Waals surface area contributed by atoms with Crippen molar-refractivity contribution in [1.82, 2.24) is 5.32 Å². The number of hydrogen-bond acceptors (Lipinski definition) is 4. The number of aliphatic carboxylic acids is 1. The Morgan fingerprint density at radius 2 is 1.74 bits per heavy atom. The molecule has 1 fully saturated rings. The molecule has 0 saturated carbocycles. The highest BCUT2D eigenvalue weighted by Gasteiger charge is 2.41. The molecule has 0 aliphatic carbocycles. The normalized spacial score (nSPS) is 17.7. The third-order valence-electron chi connectivity index (χ3n) is 3.24. The summed E-state index contributed by atoms with van der Waals surface area (Å²) >= 11 is 0. The maximum absolute atomic E-state index is 12.0. The summed E-state index contributed by atoms with van der Waals surface area (Å²) in [5.74, 6) is -1.47. The molecular formula is C13H15NO5. The van der Waals surface area contributed by atoms with Crippen molar-refractivity contribution in [2.45, 2.75) is 18.4 Å². The molecule has 0 radical (unpaired) electrons. The maximum atomic E-state index is 12.0. The smallest absolute Gasteiger partial charge is 0.329 e. The van der Waals surface area contributed by atoms with E-state index in [2.05, 4.69) is 5.32 Å². The van der Waals surface area contributed by atoms with Gasteiger partial charge in [0.15, 0.2) is 0 Å². The minimum Gasteiger partial charge on any atom is -0.508 e. The van der Waals surface area contributed by atoms with E-state index < -0.39 is 17.4 Å². The van der Waals surface area contributed by atoms with Crippen LogP contribution in [0.3, 0.4) is 0 Å². The summed E-state index contributed by atoms with van der Waals surface area (Å²) in [6.07, 6.45) is 0.484. The SMILES string of the molecule is O=C(NC1(C(=O)O)CCOCC1)c1ccc(O)cc1. The molecule has 1 heterocycles. The lowest BCUT2D eigenvalue weighted by Gasteiger charge is -2.33. The lowest BCUT2D eigenvalue weighted by Crippen LogP contribution is -2.57. The first-order valence-electron chi connectivity index (χ1n) is 5.96. The van der Waals surface area contributed by atoms with Crippen LogP contribution in [-0.2, 0) is 9.53 Å². The molecule has 3 N–H and O–H groups in total. The fraction of sp³-hybridized carbons (Fsp3) is 0.385. The molecule has 2 rings (SSSR count). The molecule has 0 aromatic heterocycles. The zero-order valence-electron chi connectivity index (χ0n) is 10.3. The number of carboxylic acid groups (broad SMARTS) is 1. The largest absolute Gasteiger partial charge is 0.508 e. The van der Waals surface area contributed by atoms with Crippen LogP contribution < -0.4 is 5.32 Å². The molecule has 1 aromatic rings. The lowest BCUT2D eigenvalue weighted by atomic mass is 9.89. The van der Waals surface area contributed by atoms with Gasteiger partial charge in [-0.2, -0.15) is 0 Å². The van der Waals surface area contributed by atoms with Crippen LogP contribution in [0.15, 0.2) is 24.3 Å². The van der Waals surface area contributed by atoms with Gasteiger partial charge in [-0.3, -0.25) is 4.79 Å². The highest BCUT2D eigenvalue weighted by molar-refractivity contribution is 5.98. The summed E-state index contributed by atoms with van der Waals surface area (Å²) in [5.41, 5.74) is -0.961. The average Bonchev–Trinajstić information content (AvgIpc) is 2.40. The molecule has 1 aliphatic heterocycles. The summed E-state index contributed by atoms with van der Waals surface area (Å²) < 4.78 is 5.13. The molecule has 0 spiro atoms. The van der Waals surface area contributed by atoms with Gasteiger partial charge in [-0.25, -0.2) is 4.79 Å². The summed E-state index contributed by atoms with van der Waals surface area (Å²) in [6, 6.07) is 5.65. The van der Waals surface area contributed by atoms with Gasteiger partial charge in [0.2, 0.25) is 0 Å². The molecule has 0 atom stereocenters. The Hall–Kier alpha value is -2.08. The van der Waals surface area contributed by atoms with Crippen molar-refractivity contribution in [2.75, 3.05) is 13.2 Å². The van der Waals surface area contributed by atoms with Crippen molar-refractivity contribution in [3.05, 3.63) is 29.8 Å². The minimum atomic E-state index is -1.27. The van der Waals surface area contributed by atoms with E-state index in [1.165, 1.54) is 24.3 Å². The first kappa shape index (κ1) is 13.4. The maximum Gasteiger partial charge on any atom is 0.329 e. The molecule has 102 valence electrons. The van der Waals surface area contributed by atoms with E-state index >= 15 is 0 Å². The number of phenolic OH excluding ortho intramolecular Hbond substituents is 1. The highest BCUT2D eigenvalue weighted by Crippen LogP contribution is 2.22. The van der Waals surface area contributed by atoms with Crippen LogP contribution in [0, 0.1) is 0 Å². The Morgan fingerprint density at radius 1 is 1.16 bits per heavy atom. The van der Waals surface area contributed by atoms with Gasteiger partial charge in [0.25, 0.3) is 5.91 Å². The van der Waals surface area contributed by atoms with Crippen LogP contribution in [0.2, 0.25) is 0 Å². The first-order chi connectivity index (χ1) is 9.03. The van der Waals surface area contributed by atoms with Gasteiger partial charge < -0.3 is 20.3 Å². The Balaban J connectivity index is 2.15. The fourth-order valence-electron chi connectivity index (χ4n) is 2.01. The molecule has 1 aromatic carbocycles. The Morgan fingerprint density at radius 3 is 2.26 bits per heavy atom. The van der Waals surface area contributed by atoms with Gasteiger partial charge in [0.05, 0.1) is 0 Å². The second kappa shape index (κ2) is 5.27. The second-order valence-electron chi connectivity index (χ2n) is 4.50. The number of aromatic hydroxyl groups is 1. The Bertz CT molecular complexity index is 476. The molecular weight excluding hydrogens is 250 g/mol. The third kappa shape index (κ3) is 2.85. The predicted molar refractivity (Wildman–Crippen MR) is 66.0 cm³/mol. The number of amides is 1. The Labute approximate surface area is 110 Å². The number of carbonyl (C=O) groups is 2. The van der Waals surface area contributed by atoms with Crippen LogP contribution in [0.1, 0.15) is 23.2 Å². The van der Waals surface area contributed by atoms with Crippen LogP contribution in [0.25, 0.3) is 0 Å². The summed E-state index contributed by atoms with van der Waals surface area (Å²) in [5, 5.41) is 21.0. The number of rotatable bonds is 3. The van der Waals surface area contributed by atoms with E-state index in [0.717, 1.165) is 0 Å². The number of carboxylic acids is 1. The zero-order chi connectivity index (χ0) is 13.9. The average molecular weight is 265 g/mol. The lowest BCUT2D eigenvalue weighted by molar-refractivity contribution is -0.148. The van der Waals surface area contributed by atoms with E-state index in [9.17, 15) is 14.7 Å². The van der Waals surface area contributed by atoms with Crippen LogP contribution >= 0.6 is 0 Å². The van der Waals surface area contributed by atoms with Crippen LogP contribution in [-0.4, -0.2) is 40.8 Å². The predicted octanol–water partition coefficient (Wildman–Crippen LogP) is 0.756. The zero-order valence-corrected chi connectivity index (χ0v) is 10.3. The second-order valence-corrected chi connectivity index (χ2v) is 4.50. The van der Waals surface area contributed by atoms with Gasteiger partial charge in [-0.15, -0.1) is 0 Å². The highest BCUT2D eigenvalue weighted by atomic mass is 16.5. The summed E-state index contributed by atoms with van der Waals surface area (Å²) in [7, 11) is 0.